The summed E-state index contributed by atoms with van der Waals surface area (Å²) >= 11 is 1.71. The molecule has 0 atom stereocenters. The van der Waals surface area contributed by atoms with E-state index < -0.39 is 0 Å². The zero-order valence-electron chi connectivity index (χ0n) is 13.8. The lowest BCUT2D eigenvalue weighted by molar-refractivity contribution is 0.899. The SMILES string of the molecule is CC.Cc1cnc2sc(-c3cccnc3)cc2c1NC(C)C. The minimum atomic E-state index is 0.404. The van der Waals surface area contributed by atoms with Gasteiger partial charge in [-0.15, -0.1) is 11.3 Å². The summed E-state index contributed by atoms with van der Waals surface area (Å²) in [6.07, 6.45) is 5.63. The molecule has 0 fully saturated rings. The predicted octanol–water partition coefficient (Wildman–Crippen LogP) is 5.51. The van der Waals surface area contributed by atoms with Crippen LogP contribution < -0.4 is 5.32 Å². The summed E-state index contributed by atoms with van der Waals surface area (Å²) < 4.78 is 0. The number of nitrogens with one attached hydrogen (secondary N) is 1. The molecule has 0 spiro atoms. The smallest absolute Gasteiger partial charge is 0.125 e. The van der Waals surface area contributed by atoms with Crippen molar-refractivity contribution >= 4 is 27.2 Å². The average Bonchev–Trinajstić information content (AvgIpc) is 2.97. The number of hydrogen-bond acceptors (Lipinski definition) is 4. The molecule has 0 amide bonds. The quantitative estimate of drug-likeness (QED) is 0.692. The van der Waals surface area contributed by atoms with E-state index in [0.717, 1.165) is 10.4 Å². The minimum Gasteiger partial charge on any atom is -0.382 e. The number of aryl methyl sites for hydroxylation is 1. The van der Waals surface area contributed by atoms with Crippen LogP contribution in [0, 0.1) is 6.92 Å². The summed E-state index contributed by atoms with van der Waals surface area (Å²) in [5, 5.41) is 4.73. The van der Waals surface area contributed by atoms with Crippen molar-refractivity contribution in [2.75, 3.05) is 5.32 Å². The van der Waals surface area contributed by atoms with E-state index in [1.807, 2.05) is 32.3 Å². The van der Waals surface area contributed by atoms with Crippen molar-refractivity contribution in [2.24, 2.45) is 0 Å². The standard InChI is InChI=1S/C16H17N3S.C2H6/c1-10(2)19-15-11(3)8-18-16-13(15)7-14(20-16)12-5-4-6-17-9-12;1-2/h4-10H,1-3H3,(H,18,19);1-2H3. The third-order valence-electron chi connectivity index (χ3n) is 3.13. The Morgan fingerprint density at radius 3 is 2.59 bits per heavy atom. The summed E-state index contributed by atoms with van der Waals surface area (Å²) in [6.45, 7) is 10.4. The first-order valence-electron chi connectivity index (χ1n) is 7.71. The molecule has 0 aliphatic rings. The first-order chi connectivity index (χ1) is 10.6. The Bertz CT molecular complexity index is 733. The molecule has 22 heavy (non-hydrogen) atoms. The molecule has 3 heterocycles. The molecule has 0 aliphatic carbocycles. The van der Waals surface area contributed by atoms with E-state index in [-0.39, 0.29) is 0 Å². The maximum atomic E-state index is 4.55. The molecule has 4 heteroatoms. The summed E-state index contributed by atoms with van der Waals surface area (Å²) in [5.41, 5.74) is 3.52. The molecule has 1 N–H and O–H groups in total. The lowest BCUT2D eigenvalue weighted by Gasteiger charge is -2.13. The number of hydrogen-bond donors (Lipinski definition) is 1. The van der Waals surface area contributed by atoms with Gasteiger partial charge in [0.1, 0.15) is 4.83 Å². The van der Waals surface area contributed by atoms with Crippen LogP contribution in [0.1, 0.15) is 33.3 Å². The molecule has 0 aliphatic heterocycles. The van der Waals surface area contributed by atoms with Gasteiger partial charge < -0.3 is 5.32 Å². The van der Waals surface area contributed by atoms with Gasteiger partial charge in [-0.1, -0.05) is 19.9 Å². The number of aromatic nitrogens is 2. The van der Waals surface area contributed by atoms with Crippen molar-refractivity contribution < 1.29 is 0 Å². The monoisotopic (exact) mass is 313 g/mol. The normalized spacial score (nSPS) is 10.5. The fourth-order valence-electron chi connectivity index (χ4n) is 2.22. The third-order valence-corrected chi connectivity index (χ3v) is 4.22. The summed E-state index contributed by atoms with van der Waals surface area (Å²) in [5.74, 6) is 0. The van der Waals surface area contributed by atoms with Gasteiger partial charge >= 0.3 is 0 Å². The largest absolute Gasteiger partial charge is 0.382 e. The van der Waals surface area contributed by atoms with E-state index in [2.05, 4.69) is 48.2 Å². The minimum absolute atomic E-state index is 0.404. The van der Waals surface area contributed by atoms with Crippen LogP contribution in [0.2, 0.25) is 0 Å². The summed E-state index contributed by atoms with van der Waals surface area (Å²) in [6, 6.07) is 6.66. The van der Waals surface area contributed by atoms with Gasteiger partial charge in [0.2, 0.25) is 0 Å². The summed E-state index contributed by atoms with van der Waals surface area (Å²) in [7, 11) is 0. The van der Waals surface area contributed by atoms with E-state index >= 15 is 0 Å². The second-order valence-corrected chi connectivity index (χ2v) is 6.22. The van der Waals surface area contributed by atoms with Crippen molar-refractivity contribution in [1.82, 2.24) is 9.97 Å². The Morgan fingerprint density at radius 2 is 1.95 bits per heavy atom. The van der Waals surface area contributed by atoms with E-state index in [1.165, 1.54) is 21.5 Å². The highest BCUT2D eigenvalue weighted by Crippen LogP contribution is 2.37. The Morgan fingerprint density at radius 1 is 1.18 bits per heavy atom. The first-order valence-corrected chi connectivity index (χ1v) is 8.53. The van der Waals surface area contributed by atoms with Gasteiger partial charge in [-0.3, -0.25) is 4.98 Å². The van der Waals surface area contributed by atoms with Crippen LogP contribution in [0.5, 0.6) is 0 Å². The second-order valence-electron chi connectivity index (χ2n) is 5.19. The molecule has 3 rings (SSSR count). The average molecular weight is 313 g/mol. The van der Waals surface area contributed by atoms with Crippen molar-refractivity contribution in [3.05, 3.63) is 42.4 Å². The molecular formula is C18H23N3S. The molecule has 0 radical (unpaired) electrons. The van der Waals surface area contributed by atoms with Crippen LogP contribution in [0.3, 0.4) is 0 Å². The molecule has 0 aromatic carbocycles. The highest BCUT2D eigenvalue weighted by atomic mass is 32.1. The van der Waals surface area contributed by atoms with Gasteiger partial charge in [0.25, 0.3) is 0 Å². The molecule has 0 saturated heterocycles. The molecular weight excluding hydrogens is 290 g/mol. The van der Waals surface area contributed by atoms with Gasteiger partial charge in [0.05, 0.1) is 0 Å². The maximum absolute atomic E-state index is 4.55. The highest BCUT2D eigenvalue weighted by molar-refractivity contribution is 7.21. The lowest BCUT2D eigenvalue weighted by atomic mass is 10.1. The molecule has 3 nitrogen and oxygen atoms in total. The van der Waals surface area contributed by atoms with Crippen molar-refractivity contribution in [1.29, 1.82) is 0 Å². The Balaban J connectivity index is 0.000000847. The van der Waals surface area contributed by atoms with Crippen molar-refractivity contribution in [3.63, 3.8) is 0 Å². The van der Waals surface area contributed by atoms with E-state index in [9.17, 15) is 0 Å². The van der Waals surface area contributed by atoms with E-state index in [0.29, 0.717) is 6.04 Å². The summed E-state index contributed by atoms with van der Waals surface area (Å²) in [4.78, 5) is 11.0. The van der Waals surface area contributed by atoms with Gasteiger partial charge in [-0.25, -0.2) is 4.98 Å². The van der Waals surface area contributed by atoms with Gasteiger partial charge in [0.15, 0.2) is 0 Å². The van der Waals surface area contributed by atoms with Crippen molar-refractivity contribution in [2.45, 2.75) is 40.7 Å². The molecule has 0 unspecified atom stereocenters. The molecule has 3 aromatic rings. The Hall–Kier alpha value is -1.94. The van der Waals surface area contributed by atoms with Crippen molar-refractivity contribution in [3.8, 4) is 10.4 Å². The Kier molecular flexibility index (Phi) is 5.50. The second kappa shape index (κ2) is 7.36. The zero-order chi connectivity index (χ0) is 16.1. The number of fused-ring (bicyclic) bond motifs is 1. The van der Waals surface area contributed by atoms with E-state index in [4.69, 9.17) is 0 Å². The van der Waals surface area contributed by atoms with Crippen LogP contribution in [0.4, 0.5) is 5.69 Å². The zero-order valence-corrected chi connectivity index (χ0v) is 14.7. The first kappa shape index (κ1) is 16.4. The topological polar surface area (TPSA) is 37.8 Å². The van der Waals surface area contributed by atoms with Crippen LogP contribution in [-0.2, 0) is 0 Å². The fourth-order valence-corrected chi connectivity index (χ4v) is 3.22. The lowest BCUT2D eigenvalue weighted by Crippen LogP contribution is -2.11. The molecule has 3 aromatic heterocycles. The molecule has 116 valence electrons. The number of nitrogens with zero attached hydrogens (tertiary/aromatic N) is 2. The number of rotatable bonds is 3. The van der Waals surface area contributed by atoms with E-state index in [1.54, 1.807) is 17.5 Å². The third kappa shape index (κ3) is 3.45. The molecule has 0 bridgehead atoms. The van der Waals surface area contributed by atoms with Gasteiger partial charge in [-0.05, 0) is 38.5 Å². The maximum Gasteiger partial charge on any atom is 0.125 e. The predicted molar refractivity (Wildman–Crippen MR) is 97.7 cm³/mol. The number of anilines is 1. The molecule has 0 saturated carbocycles. The van der Waals surface area contributed by atoms with Gasteiger partial charge in [0, 0.05) is 46.1 Å². The fraction of sp³-hybridized carbons (Fsp3) is 0.333. The Labute approximate surface area is 136 Å². The van der Waals surface area contributed by atoms with Crippen LogP contribution in [-0.4, -0.2) is 16.0 Å². The van der Waals surface area contributed by atoms with Crippen LogP contribution in [0.15, 0.2) is 36.8 Å². The van der Waals surface area contributed by atoms with Gasteiger partial charge in [-0.2, -0.15) is 0 Å². The van der Waals surface area contributed by atoms with Crippen LogP contribution in [0.25, 0.3) is 20.7 Å². The van der Waals surface area contributed by atoms with Crippen LogP contribution >= 0.6 is 11.3 Å². The number of pyridine rings is 2. The number of thiophene rings is 1. The highest BCUT2D eigenvalue weighted by Gasteiger charge is 2.12.